The van der Waals surface area contributed by atoms with Crippen molar-refractivity contribution in [3.05, 3.63) is 70.8 Å². The van der Waals surface area contributed by atoms with Gasteiger partial charge in [0.1, 0.15) is 17.3 Å². The van der Waals surface area contributed by atoms with Crippen molar-refractivity contribution in [2.75, 3.05) is 29.0 Å². The lowest BCUT2D eigenvalue weighted by molar-refractivity contribution is -0.135. The molecule has 0 unspecified atom stereocenters. The summed E-state index contributed by atoms with van der Waals surface area (Å²) in [5, 5.41) is 11.9. The summed E-state index contributed by atoms with van der Waals surface area (Å²) >= 11 is 3.43. The van der Waals surface area contributed by atoms with Gasteiger partial charge in [0, 0.05) is 30.7 Å². The Morgan fingerprint density at radius 3 is 2.47 bits per heavy atom. The second-order valence-corrected chi connectivity index (χ2v) is 9.81. The quantitative estimate of drug-likeness (QED) is 0.140. The molecule has 0 aliphatic heterocycles. The number of nitrogens with zero attached hydrogens (tertiary/aromatic N) is 2. The van der Waals surface area contributed by atoms with Gasteiger partial charge in [-0.3, -0.25) is 14.4 Å². The van der Waals surface area contributed by atoms with Gasteiger partial charge in [0.25, 0.3) is 0 Å². The van der Waals surface area contributed by atoms with Gasteiger partial charge in [0.2, 0.25) is 23.7 Å². The number of carbonyl (C=O) groups excluding carboxylic acids is 3. The van der Waals surface area contributed by atoms with E-state index in [1.807, 2.05) is 36.4 Å². The predicted molar refractivity (Wildman–Crippen MR) is 148 cm³/mol. The van der Waals surface area contributed by atoms with E-state index >= 15 is 0 Å². The minimum absolute atomic E-state index is 0.305. The Balaban J connectivity index is 1.29. The van der Waals surface area contributed by atoms with Gasteiger partial charge in [-0.05, 0) is 59.0 Å². The number of aromatic nitrogens is 2. The zero-order valence-corrected chi connectivity index (χ0v) is 22.1. The van der Waals surface area contributed by atoms with Crippen LogP contribution in [0, 0.1) is 5.41 Å². The average Bonchev–Trinajstić information content (AvgIpc) is 3.73. The van der Waals surface area contributed by atoms with Crippen LogP contribution < -0.4 is 32.7 Å². The van der Waals surface area contributed by atoms with Gasteiger partial charge in [0.15, 0.2) is 0 Å². The van der Waals surface area contributed by atoms with Gasteiger partial charge in [-0.2, -0.15) is 4.98 Å². The molecule has 1 aliphatic carbocycles. The minimum atomic E-state index is -1.02. The van der Waals surface area contributed by atoms with Crippen LogP contribution in [0.1, 0.15) is 30.9 Å². The Bertz CT molecular complexity index is 1320. The van der Waals surface area contributed by atoms with E-state index in [4.69, 9.17) is 11.5 Å². The fourth-order valence-corrected chi connectivity index (χ4v) is 4.09. The lowest BCUT2D eigenvalue weighted by atomic mass is 10.1. The Labute approximate surface area is 228 Å². The summed E-state index contributed by atoms with van der Waals surface area (Å²) in [6, 6.07) is 15.5. The number of anilines is 4. The molecule has 38 heavy (non-hydrogen) atoms. The van der Waals surface area contributed by atoms with Gasteiger partial charge in [-0.15, -0.1) is 0 Å². The molecule has 0 bridgehead atoms. The molecular weight excluding hydrogens is 552 g/mol. The van der Waals surface area contributed by atoms with Gasteiger partial charge in [-0.25, -0.2) is 4.98 Å². The Morgan fingerprint density at radius 1 is 1.03 bits per heavy atom. The van der Waals surface area contributed by atoms with Crippen molar-refractivity contribution in [1.82, 2.24) is 15.3 Å². The molecule has 1 aromatic heterocycles. The zero-order chi connectivity index (χ0) is 27.1. The number of hydrogen-bond acceptors (Lipinski definition) is 8. The monoisotopic (exact) mass is 580 g/mol. The highest BCUT2D eigenvalue weighted by Crippen LogP contribution is 2.45. The van der Waals surface area contributed by atoms with Crippen molar-refractivity contribution in [1.29, 1.82) is 0 Å². The van der Waals surface area contributed by atoms with Gasteiger partial charge < -0.3 is 32.7 Å². The number of hydrogen-bond donors (Lipinski definition) is 6. The highest BCUT2D eigenvalue weighted by atomic mass is 79.9. The molecule has 1 atom stereocenters. The van der Waals surface area contributed by atoms with Crippen LogP contribution in [0.3, 0.4) is 0 Å². The fraction of sp³-hybridized carbons (Fsp3) is 0.269. The summed E-state index contributed by atoms with van der Waals surface area (Å²) in [7, 11) is 0. The third-order valence-corrected chi connectivity index (χ3v) is 6.74. The van der Waals surface area contributed by atoms with Crippen molar-refractivity contribution in [3.8, 4) is 0 Å². The first-order valence-corrected chi connectivity index (χ1v) is 12.9. The van der Waals surface area contributed by atoms with Crippen molar-refractivity contribution < 1.29 is 14.4 Å². The van der Waals surface area contributed by atoms with Crippen molar-refractivity contribution in [3.63, 3.8) is 0 Å². The van der Waals surface area contributed by atoms with Crippen LogP contribution in [0.25, 0.3) is 0 Å². The number of carbonyl (C=O) groups is 3. The Morgan fingerprint density at radius 2 is 1.76 bits per heavy atom. The summed E-state index contributed by atoms with van der Waals surface area (Å²) in [5.74, 6) is -0.270. The second kappa shape index (κ2) is 12.0. The van der Waals surface area contributed by atoms with E-state index < -0.39 is 17.4 Å². The minimum Gasteiger partial charge on any atom is -0.369 e. The van der Waals surface area contributed by atoms with E-state index in [1.54, 1.807) is 24.4 Å². The van der Waals surface area contributed by atoms with E-state index in [0.717, 1.165) is 5.56 Å². The molecule has 0 radical (unpaired) electrons. The van der Waals surface area contributed by atoms with Crippen molar-refractivity contribution in [2.45, 2.75) is 25.3 Å². The lowest BCUT2D eigenvalue weighted by Crippen LogP contribution is -2.41. The standard InChI is InChI=1S/C26H29BrN8O3/c27-19-15-32-25(35-21(19)30-12-5-13-31-24(38)26(10-11-26)23(29)37)34-18-9-4-8-17(14-18)33-22(36)20(28)16-6-2-1-3-7-16/h1-4,6-9,14-15,20H,5,10-13,28H2,(H2,29,37)(H,31,38)(H,33,36)(H2,30,32,34,35)/t20-/m0/s1. The maximum Gasteiger partial charge on any atom is 0.245 e. The highest BCUT2D eigenvalue weighted by Gasteiger charge is 2.55. The molecule has 12 heteroatoms. The topological polar surface area (TPSA) is 177 Å². The van der Waals surface area contributed by atoms with Crippen molar-refractivity contribution >= 4 is 56.8 Å². The molecule has 1 aliphatic rings. The van der Waals surface area contributed by atoms with E-state index in [0.29, 0.717) is 60.0 Å². The van der Waals surface area contributed by atoms with E-state index in [2.05, 4.69) is 47.2 Å². The normalized spacial score (nSPS) is 14.2. The first kappa shape index (κ1) is 27.0. The maximum absolute atomic E-state index is 12.6. The molecule has 2 aromatic carbocycles. The van der Waals surface area contributed by atoms with Crippen LogP contribution in [0.5, 0.6) is 0 Å². The lowest BCUT2D eigenvalue weighted by Gasteiger charge is -2.14. The molecule has 1 saturated carbocycles. The van der Waals surface area contributed by atoms with Crippen LogP contribution in [-0.2, 0) is 14.4 Å². The molecule has 4 rings (SSSR count). The molecule has 8 N–H and O–H groups in total. The number of amides is 3. The molecular formula is C26H29BrN8O3. The van der Waals surface area contributed by atoms with Crippen LogP contribution >= 0.6 is 15.9 Å². The van der Waals surface area contributed by atoms with E-state index in [-0.39, 0.29) is 11.8 Å². The molecule has 3 amide bonds. The number of halogens is 1. The number of primary amides is 1. The average molecular weight is 581 g/mol. The molecule has 198 valence electrons. The zero-order valence-electron chi connectivity index (χ0n) is 20.5. The fourth-order valence-electron chi connectivity index (χ4n) is 3.76. The molecule has 0 spiro atoms. The molecule has 1 fully saturated rings. The second-order valence-electron chi connectivity index (χ2n) is 8.96. The first-order valence-electron chi connectivity index (χ1n) is 12.1. The number of benzene rings is 2. The summed E-state index contributed by atoms with van der Waals surface area (Å²) in [5.41, 5.74) is 12.4. The van der Waals surface area contributed by atoms with Crippen LogP contribution in [0.2, 0.25) is 0 Å². The third-order valence-electron chi connectivity index (χ3n) is 6.16. The molecule has 3 aromatic rings. The van der Waals surface area contributed by atoms with Crippen molar-refractivity contribution in [2.24, 2.45) is 16.9 Å². The molecule has 11 nitrogen and oxygen atoms in total. The maximum atomic E-state index is 12.6. The summed E-state index contributed by atoms with van der Waals surface area (Å²) in [6.07, 6.45) is 3.25. The van der Waals surface area contributed by atoms with Crippen LogP contribution in [0.15, 0.2) is 65.3 Å². The smallest absolute Gasteiger partial charge is 0.245 e. The number of nitrogens with two attached hydrogens (primary N) is 2. The predicted octanol–water partition coefficient (Wildman–Crippen LogP) is 2.80. The Kier molecular flexibility index (Phi) is 8.54. The largest absolute Gasteiger partial charge is 0.369 e. The third kappa shape index (κ3) is 6.64. The van der Waals surface area contributed by atoms with Crippen LogP contribution in [0.4, 0.5) is 23.1 Å². The summed E-state index contributed by atoms with van der Waals surface area (Å²) < 4.78 is 0.675. The van der Waals surface area contributed by atoms with Gasteiger partial charge in [0.05, 0.1) is 4.47 Å². The van der Waals surface area contributed by atoms with Gasteiger partial charge in [-0.1, -0.05) is 36.4 Å². The number of nitrogens with one attached hydrogen (secondary N) is 4. The van der Waals surface area contributed by atoms with Crippen LogP contribution in [-0.4, -0.2) is 40.8 Å². The summed E-state index contributed by atoms with van der Waals surface area (Å²) in [4.78, 5) is 45.0. The van der Waals surface area contributed by atoms with Gasteiger partial charge >= 0.3 is 0 Å². The van der Waals surface area contributed by atoms with E-state index in [1.165, 1.54) is 0 Å². The molecule has 1 heterocycles. The SMILES string of the molecule is NC(=O)C1(C(=O)NCCCNc2nc(Nc3cccc(NC(=O)[C@@H](N)c4ccccc4)c3)ncc2Br)CC1. The van der Waals surface area contributed by atoms with E-state index in [9.17, 15) is 14.4 Å². The number of rotatable bonds is 12. The molecule has 0 saturated heterocycles. The highest BCUT2D eigenvalue weighted by molar-refractivity contribution is 9.10. The Hall–Kier alpha value is -4.03. The first-order chi connectivity index (χ1) is 18.3. The summed E-state index contributed by atoms with van der Waals surface area (Å²) in [6.45, 7) is 0.934.